The summed E-state index contributed by atoms with van der Waals surface area (Å²) in [4.78, 5) is 22.7. The molecule has 0 amide bonds. The fourth-order valence-corrected chi connectivity index (χ4v) is 2.18. The van der Waals surface area contributed by atoms with Gasteiger partial charge >= 0.3 is 11.9 Å². The van der Waals surface area contributed by atoms with Gasteiger partial charge in [0, 0.05) is 5.57 Å². The largest absolute Gasteiger partial charge is 0.462 e. The molecule has 0 radical (unpaired) electrons. The lowest BCUT2D eigenvalue weighted by atomic mass is 10.1. The molecule has 0 heterocycles. The molecule has 19 heavy (non-hydrogen) atoms. The maximum atomic E-state index is 11.6. The average molecular weight is 288 g/mol. The van der Waals surface area contributed by atoms with Gasteiger partial charge in [-0.15, -0.1) is 0 Å². The Balaban J connectivity index is 3.62. The van der Waals surface area contributed by atoms with Crippen LogP contribution in [0.25, 0.3) is 0 Å². The van der Waals surface area contributed by atoms with E-state index in [1.165, 1.54) is 0 Å². The van der Waals surface area contributed by atoms with E-state index in [4.69, 9.17) is 9.47 Å². The first kappa shape index (κ1) is 18.0. The second-order valence-corrected chi connectivity index (χ2v) is 5.61. The summed E-state index contributed by atoms with van der Waals surface area (Å²) in [7, 11) is 0. The molecule has 0 N–H and O–H groups in total. The molecule has 5 heteroatoms. The molecule has 1 atom stereocenters. The van der Waals surface area contributed by atoms with E-state index >= 15 is 0 Å². The summed E-state index contributed by atoms with van der Waals surface area (Å²) in [6, 6.07) is 0. The SMILES string of the molecule is C=C(C)C(=O)OCCOC(=O)C(C)CCSCCC. The van der Waals surface area contributed by atoms with E-state index < -0.39 is 5.97 Å². The van der Waals surface area contributed by atoms with Gasteiger partial charge in [-0.05, 0) is 31.3 Å². The van der Waals surface area contributed by atoms with Crippen LogP contribution in [0.15, 0.2) is 12.2 Å². The predicted molar refractivity (Wildman–Crippen MR) is 78.1 cm³/mol. The topological polar surface area (TPSA) is 52.6 Å². The zero-order valence-corrected chi connectivity index (χ0v) is 12.9. The monoisotopic (exact) mass is 288 g/mol. The Morgan fingerprint density at radius 3 is 2.42 bits per heavy atom. The summed E-state index contributed by atoms with van der Waals surface area (Å²) in [5.41, 5.74) is 0.340. The fraction of sp³-hybridized carbons (Fsp3) is 0.714. The molecule has 110 valence electrons. The van der Waals surface area contributed by atoms with Crippen LogP contribution >= 0.6 is 11.8 Å². The Morgan fingerprint density at radius 2 is 1.84 bits per heavy atom. The number of esters is 2. The van der Waals surface area contributed by atoms with E-state index in [1.54, 1.807) is 6.92 Å². The molecule has 4 nitrogen and oxygen atoms in total. The van der Waals surface area contributed by atoms with Crippen LogP contribution in [0.5, 0.6) is 0 Å². The maximum Gasteiger partial charge on any atom is 0.333 e. The van der Waals surface area contributed by atoms with Crippen LogP contribution in [0.4, 0.5) is 0 Å². The number of hydrogen-bond donors (Lipinski definition) is 0. The lowest BCUT2D eigenvalue weighted by Gasteiger charge is -2.11. The number of hydrogen-bond acceptors (Lipinski definition) is 5. The molecule has 0 rings (SSSR count). The second kappa shape index (κ2) is 10.9. The molecular weight excluding hydrogens is 264 g/mol. The van der Waals surface area contributed by atoms with Crippen molar-refractivity contribution in [2.24, 2.45) is 5.92 Å². The number of ether oxygens (including phenoxy) is 2. The van der Waals surface area contributed by atoms with Gasteiger partial charge in [-0.3, -0.25) is 4.79 Å². The van der Waals surface area contributed by atoms with Gasteiger partial charge in [-0.2, -0.15) is 11.8 Å². The van der Waals surface area contributed by atoms with Crippen molar-refractivity contribution in [3.05, 3.63) is 12.2 Å². The second-order valence-electron chi connectivity index (χ2n) is 4.39. The quantitative estimate of drug-likeness (QED) is 0.351. The van der Waals surface area contributed by atoms with E-state index in [0.717, 1.165) is 24.3 Å². The minimum Gasteiger partial charge on any atom is -0.462 e. The smallest absolute Gasteiger partial charge is 0.333 e. The lowest BCUT2D eigenvalue weighted by Crippen LogP contribution is -2.19. The molecule has 0 spiro atoms. The van der Waals surface area contributed by atoms with Crippen molar-refractivity contribution in [2.75, 3.05) is 24.7 Å². The van der Waals surface area contributed by atoms with Gasteiger partial charge in [0.2, 0.25) is 0 Å². The zero-order chi connectivity index (χ0) is 14.7. The summed E-state index contributed by atoms with van der Waals surface area (Å²) >= 11 is 1.85. The molecule has 0 aromatic heterocycles. The van der Waals surface area contributed by atoms with E-state index in [1.807, 2.05) is 18.7 Å². The minimum atomic E-state index is -0.458. The van der Waals surface area contributed by atoms with Crippen molar-refractivity contribution < 1.29 is 19.1 Å². The third kappa shape index (κ3) is 9.59. The first-order valence-corrected chi connectivity index (χ1v) is 7.71. The van der Waals surface area contributed by atoms with Gasteiger partial charge in [0.1, 0.15) is 13.2 Å². The van der Waals surface area contributed by atoms with Gasteiger partial charge in [0.15, 0.2) is 0 Å². The molecule has 0 bridgehead atoms. The Bertz CT molecular complexity index is 302. The zero-order valence-electron chi connectivity index (χ0n) is 12.1. The molecule has 0 aromatic rings. The van der Waals surface area contributed by atoms with Crippen molar-refractivity contribution in [1.29, 1.82) is 0 Å². The van der Waals surface area contributed by atoms with Crippen molar-refractivity contribution >= 4 is 23.7 Å². The molecule has 0 aliphatic rings. The van der Waals surface area contributed by atoms with Crippen molar-refractivity contribution in [3.8, 4) is 0 Å². The Kier molecular flexibility index (Phi) is 10.4. The Labute approximate surface area is 119 Å². The van der Waals surface area contributed by atoms with Gasteiger partial charge in [-0.25, -0.2) is 4.79 Å². The van der Waals surface area contributed by atoms with Crippen molar-refractivity contribution in [1.82, 2.24) is 0 Å². The summed E-state index contributed by atoms with van der Waals surface area (Å²) in [6.45, 7) is 9.21. The first-order valence-electron chi connectivity index (χ1n) is 6.56. The van der Waals surface area contributed by atoms with Crippen LogP contribution in [0, 0.1) is 5.92 Å². The van der Waals surface area contributed by atoms with E-state index in [-0.39, 0.29) is 25.1 Å². The average Bonchev–Trinajstić information content (AvgIpc) is 2.38. The fourth-order valence-electron chi connectivity index (χ4n) is 1.17. The lowest BCUT2D eigenvalue weighted by molar-refractivity contribution is -0.153. The number of rotatable bonds is 10. The highest BCUT2D eigenvalue weighted by atomic mass is 32.2. The van der Waals surface area contributed by atoms with E-state index in [0.29, 0.717) is 5.57 Å². The van der Waals surface area contributed by atoms with Gasteiger partial charge in [0.25, 0.3) is 0 Å². The van der Waals surface area contributed by atoms with Gasteiger partial charge < -0.3 is 9.47 Å². The van der Waals surface area contributed by atoms with E-state index in [2.05, 4.69) is 13.5 Å². The molecule has 0 saturated carbocycles. The summed E-state index contributed by atoms with van der Waals surface area (Å²) in [5, 5.41) is 0. The molecule has 0 saturated heterocycles. The van der Waals surface area contributed by atoms with Crippen molar-refractivity contribution in [3.63, 3.8) is 0 Å². The molecule has 0 aliphatic carbocycles. The highest BCUT2D eigenvalue weighted by Crippen LogP contribution is 2.11. The standard InChI is InChI=1S/C14H24O4S/c1-5-9-19-10-6-12(4)14(16)18-8-7-17-13(15)11(2)3/h12H,2,5-10H2,1,3-4H3. The summed E-state index contributed by atoms with van der Waals surface area (Å²) in [5.74, 6) is 1.29. The molecular formula is C14H24O4S. The van der Waals surface area contributed by atoms with E-state index in [9.17, 15) is 9.59 Å². The third-order valence-electron chi connectivity index (χ3n) is 2.36. The molecule has 0 aromatic carbocycles. The van der Waals surface area contributed by atoms with Crippen LogP contribution in [-0.2, 0) is 19.1 Å². The van der Waals surface area contributed by atoms with Crippen LogP contribution in [0.1, 0.15) is 33.6 Å². The number of carbonyl (C=O) groups is 2. The highest BCUT2D eigenvalue weighted by Gasteiger charge is 2.14. The van der Waals surface area contributed by atoms with Crippen molar-refractivity contribution in [2.45, 2.75) is 33.6 Å². The van der Waals surface area contributed by atoms with Crippen LogP contribution in [-0.4, -0.2) is 36.7 Å². The molecule has 0 fully saturated rings. The van der Waals surface area contributed by atoms with Crippen LogP contribution < -0.4 is 0 Å². The normalized spacial score (nSPS) is 11.7. The minimum absolute atomic E-state index is 0.0781. The predicted octanol–water partition coefficient (Wildman–Crippen LogP) is 2.82. The van der Waals surface area contributed by atoms with Crippen LogP contribution in [0.3, 0.4) is 0 Å². The van der Waals surface area contributed by atoms with Gasteiger partial charge in [-0.1, -0.05) is 20.4 Å². The highest BCUT2D eigenvalue weighted by molar-refractivity contribution is 7.99. The van der Waals surface area contributed by atoms with Gasteiger partial charge in [0.05, 0.1) is 5.92 Å². The summed E-state index contributed by atoms with van der Waals surface area (Å²) < 4.78 is 9.86. The summed E-state index contributed by atoms with van der Waals surface area (Å²) in [6.07, 6.45) is 1.96. The van der Waals surface area contributed by atoms with Crippen LogP contribution in [0.2, 0.25) is 0 Å². The molecule has 1 unspecified atom stereocenters. The third-order valence-corrected chi connectivity index (χ3v) is 3.58. The number of thioether (sulfide) groups is 1. The maximum absolute atomic E-state index is 11.6. The molecule has 0 aliphatic heterocycles. The Hall–Kier alpha value is -0.970. The number of carbonyl (C=O) groups excluding carboxylic acids is 2. The first-order chi connectivity index (χ1) is 8.99. The Morgan fingerprint density at radius 1 is 1.21 bits per heavy atom.